The summed E-state index contributed by atoms with van der Waals surface area (Å²) in [6.45, 7) is 2.26. The molecule has 82 valence electrons. The summed E-state index contributed by atoms with van der Waals surface area (Å²) in [7, 11) is 0. The summed E-state index contributed by atoms with van der Waals surface area (Å²) in [4.78, 5) is 0. The molecule has 0 aromatic heterocycles. The van der Waals surface area contributed by atoms with Gasteiger partial charge < -0.3 is 11.1 Å². The summed E-state index contributed by atoms with van der Waals surface area (Å²) < 4.78 is 0. The molecule has 3 N–H and O–H groups in total. The van der Waals surface area contributed by atoms with E-state index >= 15 is 0 Å². The molecule has 0 atom stereocenters. The highest BCUT2D eigenvalue weighted by Crippen LogP contribution is 2.26. The average molecular weight is 225 g/mol. The van der Waals surface area contributed by atoms with Crippen molar-refractivity contribution in [3.8, 4) is 0 Å². The third-order valence-corrected chi connectivity index (χ3v) is 3.44. The van der Waals surface area contributed by atoms with E-state index in [9.17, 15) is 0 Å². The van der Waals surface area contributed by atoms with E-state index in [2.05, 4.69) is 11.4 Å². The first kappa shape index (κ1) is 10.8. The van der Waals surface area contributed by atoms with Gasteiger partial charge in [0.2, 0.25) is 0 Å². The maximum absolute atomic E-state index is 5.99. The van der Waals surface area contributed by atoms with Crippen LogP contribution in [0.1, 0.15) is 18.4 Å². The molecule has 2 nitrogen and oxygen atoms in total. The Balaban J connectivity index is 2.06. The number of nitrogens with one attached hydrogen (secondary N) is 1. The molecule has 1 aromatic rings. The van der Waals surface area contributed by atoms with Gasteiger partial charge in [0.1, 0.15) is 0 Å². The number of nitrogen functional groups attached to an aromatic ring is 1. The van der Waals surface area contributed by atoms with Crippen LogP contribution in [0.5, 0.6) is 0 Å². The average Bonchev–Trinajstić information content (AvgIpc) is 2.26. The van der Waals surface area contributed by atoms with Gasteiger partial charge in [-0.2, -0.15) is 0 Å². The summed E-state index contributed by atoms with van der Waals surface area (Å²) in [6, 6.07) is 5.92. The first-order valence-corrected chi connectivity index (χ1v) is 5.89. The third-order valence-electron chi connectivity index (χ3n) is 3.11. The molecule has 0 spiro atoms. The van der Waals surface area contributed by atoms with Crippen molar-refractivity contribution in [2.75, 3.05) is 18.8 Å². The molecule has 0 aliphatic carbocycles. The Bertz CT molecular complexity index is 332. The van der Waals surface area contributed by atoms with Crippen molar-refractivity contribution in [2.24, 2.45) is 5.92 Å². The van der Waals surface area contributed by atoms with Gasteiger partial charge in [0, 0.05) is 0 Å². The molecule has 0 saturated carbocycles. The molecule has 0 bridgehead atoms. The molecule has 0 unspecified atom stereocenters. The van der Waals surface area contributed by atoms with Crippen molar-refractivity contribution in [1.82, 2.24) is 5.32 Å². The second-order valence-electron chi connectivity index (χ2n) is 4.21. The topological polar surface area (TPSA) is 38.0 Å². The highest BCUT2D eigenvalue weighted by molar-refractivity contribution is 6.33. The quantitative estimate of drug-likeness (QED) is 0.758. The maximum Gasteiger partial charge on any atom is 0.0638 e. The van der Waals surface area contributed by atoms with Crippen molar-refractivity contribution >= 4 is 17.3 Å². The molecule has 1 heterocycles. The number of hydrogen-bond acceptors (Lipinski definition) is 2. The fourth-order valence-corrected chi connectivity index (χ4v) is 2.35. The summed E-state index contributed by atoms with van der Waals surface area (Å²) >= 11 is 5.99. The molecular weight excluding hydrogens is 208 g/mol. The highest BCUT2D eigenvalue weighted by atomic mass is 35.5. The van der Waals surface area contributed by atoms with Gasteiger partial charge >= 0.3 is 0 Å². The van der Waals surface area contributed by atoms with Crippen molar-refractivity contribution in [2.45, 2.75) is 19.3 Å². The zero-order chi connectivity index (χ0) is 10.7. The number of halogens is 1. The molecular formula is C12H17ClN2. The molecule has 1 aliphatic rings. The van der Waals surface area contributed by atoms with Gasteiger partial charge in [0.05, 0.1) is 10.7 Å². The SMILES string of the molecule is Nc1c(Cl)cccc1CC1CCNCC1. The summed E-state index contributed by atoms with van der Waals surface area (Å²) in [6.07, 6.45) is 3.55. The fraction of sp³-hybridized carbons (Fsp3) is 0.500. The molecule has 1 aromatic carbocycles. The number of hydrogen-bond donors (Lipinski definition) is 2. The number of nitrogens with two attached hydrogens (primary N) is 1. The molecule has 3 heteroatoms. The number of benzene rings is 1. The Labute approximate surface area is 95.8 Å². The third kappa shape index (κ3) is 2.64. The van der Waals surface area contributed by atoms with E-state index in [0.717, 1.165) is 31.1 Å². The van der Waals surface area contributed by atoms with Crippen LogP contribution in [-0.2, 0) is 6.42 Å². The minimum Gasteiger partial charge on any atom is -0.397 e. The Morgan fingerprint density at radius 3 is 2.80 bits per heavy atom. The van der Waals surface area contributed by atoms with Crippen molar-refractivity contribution in [3.63, 3.8) is 0 Å². The number of piperidine rings is 1. The smallest absolute Gasteiger partial charge is 0.0638 e. The zero-order valence-corrected chi connectivity index (χ0v) is 9.56. The predicted octanol–water partition coefficient (Wildman–Crippen LogP) is 2.46. The normalized spacial score (nSPS) is 17.9. The largest absolute Gasteiger partial charge is 0.397 e. The Morgan fingerprint density at radius 1 is 1.33 bits per heavy atom. The molecule has 0 amide bonds. The van der Waals surface area contributed by atoms with Gasteiger partial charge in [-0.1, -0.05) is 23.7 Å². The van der Waals surface area contributed by atoms with E-state index in [4.69, 9.17) is 17.3 Å². The van der Waals surface area contributed by atoms with E-state index < -0.39 is 0 Å². The summed E-state index contributed by atoms with van der Waals surface area (Å²) in [5.74, 6) is 0.756. The number of rotatable bonds is 2. The minimum absolute atomic E-state index is 0.682. The monoisotopic (exact) mass is 224 g/mol. The lowest BCUT2D eigenvalue weighted by molar-refractivity contribution is 0.373. The van der Waals surface area contributed by atoms with Gasteiger partial charge in [-0.05, 0) is 49.9 Å². The predicted molar refractivity (Wildman–Crippen MR) is 65.2 cm³/mol. The standard InChI is InChI=1S/C12H17ClN2/c13-11-3-1-2-10(12(11)14)8-9-4-6-15-7-5-9/h1-3,9,15H,4-8,14H2. The van der Waals surface area contributed by atoms with E-state index in [1.165, 1.54) is 18.4 Å². The van der Waals surface area contributed by atoms with Crippen LogP contribution in [0.4, 0.5) is 5.69 Å². The second-order valence-corrected chi connectivity index (χ2v) is 4.62. The van der Waals surface area contributed by atoms with Crippen molar-refractivity contribution < 1.29 is 0 Å². The van der Waals surface area contributed by atoms with Crippen LogP contribution in [-0.4, -0.2) is 13.1 Å². The van der Waals surface area contributed by atoms with Crippen molar-refractivity contribution in [3.05, 3.63) is 28.8 Å². The van der Waals surface area contributed by atoms with E-state index in [1.54, 1.807) is 0 Å². The van der Waals surface area contributed by atoms with Crippen LogP contribution in [0.2, 0.25) is 5.02 Å². The molecule has 0 radical (unpaired) electrons. The Morgan fingerprint density at radius 2 is 2.07 bits per heavy atom. The van der Waals surface area contributed by atoms with Crippen LogP contribution in [0.3, 0.4) is 0 Å². The van der Waals surface area contributed by atoms with E-state index in [0.29, 0.717) is 5.02 Å². The van der Waals surface area contributed by atoms with Crippen LogP contribution in [0.15, 0.2) is 18.2 Å². The minimum atomic E-state index is 0.682. The maximum atomic E-state index is 5.99. The lowest BCUT2D eigenvalue weighted by atomic mass is 9.90. The summed E-state index contributed by atoms with van der Waals surface area (Å²) in [5, 5.41) is 4.05. The fourth-order valence-electron chi connectivity index (χ4n) is 2.16. The van der Waals surface area contributed by atoms with Gasteiger partial charge in [0.15, 0.2) is 0 Å². The molecule has 2 rings (SSSR count). The van der Waals surface area contributed by atoms with Gasteiger partial charge in [-0.25, -0.2) is 0 Å². The number of para-hydroxylation sites is 1. The van der Waals surface area contributed by atoms with E-state index in [1.807, 2.05) is 12.1 Å². The second kappa shape index (κ2) is 4.86. The first-order valence-electron chi connectivity index (χ1n) is 5.51. The van der Waals surface area contributed by atoms with Crippen LogP contribution >= 0.6 is 11.6 Å². The summed E-state index contributed by atoms with van der Waals surface area (Å²) in [5.41, 5.74) is 7.92. The van der Waals surface area contributed by atoms with Gasteiger partial charge in [-0.15, -0.1) is 0 Å². The zero-order valence-electron chi connectivity index (χ0n) is 8.80. The van der Waals surface area contributed by atoms with Crippen molar-refractivity contribution in [1.29, 1.82) is 0 Å². The first-order chi connectivity index (χ1) is 7.27. The molecule has 1 fully saturated rings. The van der Waals surface area contributed by atoms with Crippen LogP contribution in [0.25, 0.3) is 0 Å². The van der Waals surface area contributed by atoms with Gasteiger partial charge in [-0.3, -0.25) is 0 Å². The molecule has 1 aliphatic heterocycles. The highest BCUT2D eigenvalue weighted by Gasteiger charge is 2.15. The lowest BCUT2D eigenvalue weighted by Crippen LogP contribution is -2.28. The lowest BCUT2D eigenvalue weighted by Gasteiger charge is -2.23. The van der Waals surface area contributed by atoms with Crippen LogP contribution < -0.4 is 11.1 Å². The van der Waals surface area contributed by atoms with E-state index in [-0.39, 0.29) is 0 Å². The van der Waals surface area contributed by atoms with Crippen LogP contribution in [0, 0.1) is 5.92 Å². The number of anilines is 1. The molecule has 1 saturated heterocycles. The van der Waals surface area contributed by atoms with Gasteiger partial charge in [0.25, 0.3) is 0 Å². The Hall–Kier alpha value is -0.730. The molecule has 15 heavy (non-hydrogen) atoms. The Kier molecular flexibility index (Phi) is 3.49.